The molecule has 4 nitrogen and oxygen atoms in total. The van der Waals surface area contributed by atoms with Crippen LogP contribution in [0.3, 0.4) is 0 Å². The SMILES string of the molecule is C[C@H](S[C@@H](C)c1ccc(F)cc1)C(=O)N1CCC[C@H](C(N)=O)C1. The molecule has 0 aromatic heterocycles. The van der Waals surface area contributed by atoms with Crippen LogP contribution in [-0.4, -0.2) is 35.1 Å². The summed E-state index contributed by atoms with van der Waals surface area (Å²) in [4.78, 5) is 25.7. The van der Waals surface area contributed by atoms with Gasteiger partial charge in [0.15, 0.2) is 0 Å². The number of likely N-dealkylation sites (tertiary alicyclic amines) is 1. The van der Waals surface area contributed by atoms with Crippen LogP contribution in [0.4, 0.5) is 4.39 Å². The first kappa shape index (κ1) is 17.8. The molecule has 1 heterocycles. The quantitative estimate of drug-likeness (QED) is 0.898. The summed E-state index contributed by atoms with van der Waals surface area (Å²) in [5.74, 6) is -0.794. The Hall–Kier alpha value is -1.56. The van der Waals surface area contributed by atoms with E-state index < -0.39 is 0 Å². The standard InChI is InChI=1S/C17H23FN2O2S/c1-11(13-5-7-15(18)8-6-13)23-12(2)17(22)20-9-3-4-14(10-20)16(19)21/h5-8,11-12,14H,3-4,9-10H2,1-2H3,(H2,19,21)/t11-,12-,14-/m0/s1. The number of piperidine rings is 1. The first-order valence-corrected chi connectivity index (χ1v) is 8.81. The monoisotopic (exact) mass is 338 g/mol. The van der Waals surface area contributed by atoms with Gasteiger partial charge in [0.05, 0.1) is 11.2 Å². The van der Waals surface area contributed by atoms with Gasteiger partial charge in [0.2, 0.25) is 11.8 Å². The number of halogens is 1. The predicted molar refractivity (Wildman–Crippen MR) is 90.4 cm³/mol. The van der Waals surface area contributed by atoms with Crippen LogP contribution in [0.15, 0.2) is 24.3 Å². The van der Waals surface area contributed by atoms with E-state index in [2.05, 4.69) is 0 Å². The van der Waals surface area contributed by atoms with Gasteiger partial charge in [0.25, 0.3) is 0 Å². The zero-order chi connectivity index (χ0) is 17.0. The van der Waals surface area contributed by atoms with E-state index in [0.29, 0.717) is 13.1 Å². The Morgan fingerprint density at radius 1 is 1.30 bits per heavy atom. The largest absolute Gasteiger partial charge is 0.369 e. The molecule has 23 heavy (non-hydrogen) atoms. The number of carbonyl (C=O) groups excluding carboxylic acids is 2. The van der Waals surface area contributed by atoms with Crippen molar-refractivity contribution < 1.29 is 14.0 Å². The van der Waals surface area contributed by atoms with E-state index in [1.165, 1.54) is 12.1 Å². The molecule has 3 atom stereocenters. The summed E-state index contributed by atoms with van der Waals surface area (Å²) in [6.45, 7) is 4.98. The van der Waals surface area contributed by atoms with E-state index in [1.54, 1.807) is 28.8 Å². The van der Waals surface area contributed by atoms with Gasteiger partial charge in [-0.1, -0.05) is 12.1 Å². The van der Waals surface area contributed by atoms with Crippen molar-refractivity contribution >= 4 is 23.6 Å². The minimum atomic E-state index is -0.331. The molecular weight excluding hydrogens is 315 g/mol. The molecule has 0 saturated carbocycles. The average molecular weight is 338 g/mol. The molecule has 1 aliphatic heterocycles. The van der Waals surface area contributed by atoms with E-state index >= 15 is 0 Å². The van der Waals surface area contributed by atoms with Gasteiger partial charge in [-0.3, -0.25) is 9.59 Å². The second-order valence-corrected chi connectivity index (χ2v) is 7.68. The number of nitrogens with zero attached hydrogens (tertiary/aromatic N) is 1. The lowest BCUT2D eigenvalue weighted by Crippen LogP contribution is -2.46. The average Bonchev–Trinajstić information content (AvgIpc) is 2.54. The predicted octanol–water partition coefficient (Wildman–Crippen LogP) is 2.73. The molecule has 0 bridgehead atoms. The fraction of sp³-hybridized carbons (Fsp3) is 0.529. The summed E-state index contributed by atoms with van der Waals surface area (Å²) < 4.78 is 13.0. The first-order chi connectivity index (χ1) is 10.9. The van der Waals surface area contributed by atoms with E-state index in [1.807, 2.05) is 13.8 Å². The third kappa shape index (κ3) is 4.70. The highest BCUT2D eigenvalue weighted by Gasteiger charge is 2.30. The Labute approximate surface area is 140 Å². The van der Waals surface area contributed by atoms with Crippen LogP contribution in [-0.2, 0) is 9.59 Å². The Morgan fingerprint density at radius 3 is 2.57 bits per heavy atom. The van der Waals surface area contributed by atoms with Crippen molar-refractivity contribution in [3.05, 3.63) is 35.6 Å². The van der Waals surface area contributed by atoms with Gasteiger partial charge >= 0.3 is 0 Å². The van der Waals surface area contributed by atoms with E-state index in [4.69, 9.17) is 5.73 Å². The summed E-state index contributed by atoms with van der Waals surface area (Å²) in [6.07, 6.45) is 1.57. The van der Waals surface area contributed by atoms with Gasteiger partial charge in [-0.15, -0.1) is 11.8 Å². The molecule has 2 amide bonds. The van der Waals surface area contributed by atoms with Crippen LogP contribution in [0.1, 0.15) is 37.5 Å². The third-order valence-electron chi connectivity index (χ3n) is 4.23. The van der Waals surface area contributed by atoms with Crippen molar-refractivity contribution in [3.63, 3.8) is 0 Å². The van der Waals surface area contributed by atoms with Crippen LogP contribution >= 0.6 is 11.8 Å². The smallest absolute Gasteiger partial charge is 0.235 e. The lowest BCUT2D eigenvalue weighted by Gasteiger charge is -2.33. The minimum Gasteiger partial charge on any atom is -0.369 e. The minimum absolute atomic E-state index is 0.0370. The molecule has 2 rings (SSSR count). The Morgan fingerprint density at radius 2 is 1.96 bits per heavy atom. The zero-order valence-electron chi connectivity index (χ0n) is 13.5. The summed E-state index contributed by atoms with van der Waals surface area (Å²) in [7, 11) is 0. The second kappa shape index (κ2) is 7.81. The van der Waals surface area contributed by atoms with Crippen molar-refractivity contribution in [3.8, 4) is 0 Å². The van der Waals surface area contributed by atoms with E-state index in [9.17, 15) is 14.0 Å². The Bertz CT molecular complexity index is 564. The molecule has 2 N–H and O–H groups in total. The summed E-state index contributed by atoms with van der Waals surface area (Å²) in [6, 6.07) is 6.35. The molecule has 0 radical (unpaired) electrons. The van der Waals surface area contributed by atoms with Crippen molar-refractivity contribution in [2.24, 2.45) is 11.7 Å². The van der Waals surface area contributed by atoms with Gasteiger partial charge in [-0.05, 0) is 44.4 Å². The molecule has 1 fully saturated rings. The maximum atomic E-state index is 13.0. The summed E-state index contributed by atoms with van der Waals surface area (Å²) in [5, 5.41) is -0.132. The fourth-order valence-corrected chi connectivity index (χ4v) is 4.04. The molecule has 6 heteroatoms. The number of rotatable bonds is 5. The second-order valence-electron chi connectivity index (χ2n) is 6.00. The highest BCUT2D eigenvalue weighted by molar-refractivity contribution is 8.00. The number of benzene rings is 1. The molecule has 1 saturated heterocycles. The molecular formula is C17H23FN2O2S. The zero-order valence-corrected chi connectivity index (χ0v) is 14.3. The molecule has 1 aromatic rings. The first-order valence-electron chi connectivity index (χ1n) is 7.87. The topological polar surface area (TPSA) is 63.4 Å². The number of nitrogens with two attached hydrogens (primary N) is 1. The molecule has 0 spiro atoms. The van der Waals surface area contributed by atoms with Gasteiger partial charge < -0.3 is 10.6 Å². The van der Waals surface area contributed by atoms with Crippen LogP contribution in [0.5, 0.6) is 0 Å². The van der Waals surface area contributed by atoms with Crippen molar-refractivity contribution in [2.45, 2.75) is 37.2 Å². The summed E-state index contributed by atoms with van der Waals surface area (Å²) >= 11 is 1.54. The van der Waals surface area contributed by atoms with Crippen molar-refractivity contribution in [2.75, 3.05) is 13.1 Å². The Balaban J connectivity index is 1.94. The number of primary amides is 1. The normalized spacial score (nSPS) is 20.8. The van der Waals surface area contributed by atoms with E-state index in [0.717, 1.165) is 18.4 Å². The lowest BCUT2D eigenvalue weighted by atomic mass is 9.97. The van der Waals surface area contributed by atoms with Crippen LogP contribution in [0.2, 0.25) is 0 Å². The van der Waals surface area contributed by atoms with Gasteiger partial charge in [-0.25, -0.2) is 4.39 Å². The third-order valence-corrected chi connectivity index (χ3v) is 5.52. The molecule has 0 unspecified atom stereocenters. The highest BCUT2D eigenvalue weighted by atomic mass is 32.2. The number of amides is 2. The van der Waals surface area contributed by atoms with Crippen molar-refractivity contribution in [1.82, 2.24) is 4.90 Å². The number of thioether (sulfide) groups is 1. The highest BCUT2D eigenvalue weighted by Crippen LogP contribution is 2.33. The molecule has 1 aliphatic rings. The van der Waals surface area contributed by atoms with Crippen molar-refractivity contribution in [1.29, 1.82) is 0 Å². The molecule has 126 valence electrons. The summed E-state index contributed by atoms with van der Waals surface area (Å²) in [5.41, 5.74) is 6.35. The van der Waals surface area contributed by atoms with Crippen LogP contribution in [0, 0.1) is 11.7 Å². The number of hydrogen-bond donors (Lipinski definition) is 1. The van der Waals surface area contributed by atoms with Gasteiger partial charge in [0.1, 0.15) is 5.82 Å². The van der Waals surface area contributed by atoms with E-state index in [-0.39, 0.29) is 34.0 Å². The maximum Gasteiger partial charge on any atom is 0.235 e. The van der Waals surface area contributed by atoms with Crippen LogP contribution in [0.25, 0.3) is 0 Å². The number of hydrogen-bond acceptors (Lipinski definition) is 3. The van der Waals surface area contributed by atoms with Crippen LogP contribution < -0.4 is 5.73 Å². The van der Waals surface area contributed by atoms with Gasteiger partial charge in [0, 0.05) is 18.3 Å². The fourth-order valence-electron chi connectivity index (χ4n) is 2.84. The lowest BCUT2D eigenvalue weighted by molar-refractivity contribution is -0.134. The van der Waals surface area contributed by atoms with Gasteiger partial charge in [-0.2, -0.15) is 0 Å². The maximum absolute atomic E-state index is 13.0. The molecule has 1 aromatic carbocycles. The Kier molecular flexibility index (Phi) is 6.04. The number of carbonyl (C=O) groups is 2. The molecule has 0 aliphatic carbocycles.